The second-order valence-electron chi connectivity index (χ2n) is 5.03. The average Bonchev–Trinajstić information content (AvgIpc) is 2.70. The van der Waals surface area contributed by atoms with Crippen molar-refractivity contribution >= 4 is 0 Å². The van der Waals surface area contributed by atoms with Gasteiger partial charge < -0.3 is 14.6 Å². The van der Waals surface area contributed by atoms with Gasteiger partial charge in [0.2, 0.25) is 0 Å². The second kappa shape index (κ2) is 6.06. The Kier molecular flexibility index (Phi) is 5.03. The van der Waals surface area contributed by atoms with Crippen molar-refractivity contribution in [3.8, 4) is 0 Å². The molecule has 0 saturated carbocycles. The van der Waals surface area contributed by atoms with E-state index in [9.17, 15) is 0 Å². The van der Waals surface area contributed by atoms with Crippen LogP contribution in [0.25, 0.3) is 0 Å². The van der Waals surface area contributed by atoms with Gasteiger partial charge in [-0.1, -0.05) is 6.92 Å². The minimum Gasteiger partial charge on any atom is -0.472 e. The lowest BCUT2D eigenvalue weighted by Crippen LogP contribution is -2.42. The highest BCUT2D eigenvalue weighted by Crippen LogP contribution is 2.06. The first-order valence-corrected chi connectivity index (χ1v) is 5.98. The molecule has 92 valence electrons. The zero-order chi connectivity index (χ0) is 12.0. The molecule has 0 saturated heterocycles. The summed E-state index contributed by atoms with van der Waals surface area (Å²) in [4.78, 5) is 2.30. The molecule has 0 bridgehead atoms. The molecule has 0 spiro atoms. The Hall–Kier alpha value is -0.800. The maximum atomic E-state index is 5.05. The Morgan fingerprint density at radius 3 is 2.75 bits per heavy atom. The van der Waals surface area contributed by atoms with E-state index in [4.69, 9.17) is 4.42 Å². The summed E-state index contributed by atoms with van der Waals surface area (Å²) in [5, 5.41) is 3.55. The zero-order valence-electron chi connectivity index (χ0n) is 10.9. The molecule has 3 nitrogen and oxygen atoms in total. The summed E-state index contributed by atoms with van der Waals surface area (Å²) in [6.45, 7) is 9.71. The van der Waals surface area contributed by atoms with Gasteiger partial charge in [0.25, 0.3) is 0 Å². The van der Waals surface area contributed by atoms with E-state index >= 15 is 0 Å². The fraction of sp³-hybridized carbons (Fsp3) is 0.692. The molecule has 0 aromatic carbocycles. The molecule has 1 aromatic heterocycles. The van der Waals surface area contributed by atoms with Crippen LogP contribution in [-0.4, -0.2) is 30.6 Å². The molecule has 0 amide bonds. The first-order valence-electron chi connectivity index (χ1n) is 5.98. The predicted octanol–water partition coefficient (Wildman–Crippen LogP) is 2.49. The Morgan fingerprint density at radius 2 is 2.19 bits per heavy atom. The Bertz CT molecular complexity index is 280. The predicted molar refractivity (Wildman–Crippen MR) is 67.4 cm³/mol. The van der Waals surface area contributed by atoms with Crippen LogP contribution in [0.4, 0.5) is 0 Å². The second-order valence-corrected chi connectivity index (χ2v) is 5.03. The van der Waals surface area contributed by atoms with Crippen molar-refractivity contribution in [1.29, 1.82) is 0 Å². The smallest absolute Gasteiger partial charge is 0.0947 e. The van der Waals surface area contributed by atoms with Crippen LogP contribution in [0.5, 0.6) is 0 Å². The van der Waals surface area contributed by atoms with Crippen molar-refractivity contribution in [2.24, 2.45) is 0 Å². The lowest BCUT2D eigenvalue weighted by Gasteiger charge is -2.26. The number of hydrogen-bond donors (Lipinski definition) is 1. The molecule has 1 heterocycles. The molecule has 0 unspecified atom stereocenters. The molecule has 0 radical (unpaired) electrons. The summed E-state index contributed by atoms with van der Waals surface area (Å²) in [6.07, 6.45) is 4.68. The number of nitrogens with one attached hydrogen (secondary N) is 1. The third kappa shape index (κ3) is 4.81. The van der Waals surface area contributed by atoms with Gasteiger partial charge in [-0.3, -0.25) is 0 Å². The van der Waals surface area contributed by atoms with Gasteiger partial charge in [-0.2, -0.15) is 0 Å². The van der Waals surface area contributed by atoms with E-state index in [0.29, 0.717) is 0 Å². The van der Waals surface area contributed by atoms with Crippen LogP contribution in [0.15, 0.2) is 23.0 Å². The monoisotopic (exact) mass is 224 g/mol. The minimum absolute atomic E-state index is 0.247. The van der Waals surface area contributed by atoms with Crippen LogP contribution in [0, 0.1) is 0 Å². The summed E-state index contributed by atoms with van der Waals surface area (Å²) < 4.78 is 5.05. The van der Waals surface area contributed by atoms with Crippen LogP contribution in [0.3, 0.4) is 0 Å². The molecule has 0 aliphatic heterocycles. The van der Waals surface area contributed by atoms with Crippen molar-refractivity contribution in [3.05, 3.63) is 24.2 Å². The van der Waals surface area contributed by atoms with Crippen LogP contribution in [0.1, 0.15) is 32.8 Å². The van der Waals surface area contributed by atoms with Crippen molar-refractivity contribution in [2.45, 2.75) is 39.3 Å². The Labute approximate surface area is 98.8 Å². The largest absolute Gasteiger partial charge is 0.472 e. The summed E-state index contributed by atoms with van der Waals surface area (Å²) in [6, 6.07) is 2.01. The lowest BCUT2D eigenvalue weighted by molar-refractivity contribution is 0.292. The lowest BCUT2D eigenvalue weighted by atomic mass is 10.0. The van der Waals surface area contributed by atoms with E-state index in [-0.39, 0.29) is 5.54 Å². The highest BCUT2D eigenvalue weighted by atomic mass is 16.3. The van der Waals surface area contributed by atoms with E-state index < -0.39 is 0 Å². The fourth-order valence-electron chi connectivity index (χ4n) is 1.48. The van der Waals surface area contributed by atoms with Gasteiger partial charge in [-0.25, -0.2) is 0 Å². The normalized spacial score (nSPS) is 12.3. The molecule has 0 fully saturated rings. The summed E-state index contributed by atoms with van der Waals surface area (Å²) in [5.41, 5.74) is 1.48. The molecule has 1 rings (SSSR count). The first-order chi connectivity index (χ1) is 7.53. The van der Waals surface area contributed by atoms with Crippen LogP contribution in [0.2, 0.25) is 0 Å². The van der Waals surface area contributed by atoms with Gasteiger partial charge >= 0.3 is 0 Å². The third-order valence-electron chi connectivity index (χ3n) is 3.01. The van der Waals surface area contributed by atoms with Gasteiger partial charge in [0.15, 0.2) is 0 Å². The van der Waals surface area contributed by atoms with E-state index in [2.05, 4.69) is 38.0 Å². The number of nitrogens with zero attached hydrogens (tertiary/aromatic N) is 1. The highest BCUT2D eigenvalue weighted by Gasteiger charge is 2.13. The van der Waals surface area contributed by atoms with Gasteiger partial charge in [-0.15, -0.1) is 0 Å². The fourth-order valence-corrected chi connectivity index (χ4v) is 1.48. The first kappa shape index (κ1) is 13.3. The summed E-state index contributed by atoms with van der Waals surface area (Å²) >= 11 is 0. The van der Waals surface area contributed by atoms with Crippen LogP contribution in [-0.2, 0) is 6.54 Å². The van der Waals surface area contributed by atoms with E-state index in [1.165, 1.54) is 5.56 Å². The van der Waals surface area contributed by atoms with E-state index in [0.717, 1.165) is 26.1 Å². The third-order valence-corrected chi connectivity index (χ3v) is 3.01. The van der Waals surface area contributed by atoms with Gasteiger partial charge in [0.05, 0.1) is 12.5 Å². The molecular formula is C13H24N2O. The molecule has 1 aromatic rings. The Balaban J connectivity index is 2.18. The minimum atomic E-state index is 0.247. The molecule has 1 N–H and O–H groups in total. The van der Waals surface area contributed by atoms with Crippen molar-refractivity contribution in [2.75, 3.05) is 20.1 Å². The topological polar surface area (TPSA) is 28.4 Å². The quantitative estimate of drug-likeness (QED) is 0.771. The number of likely N-dealkylation sites (N-methyl/N-ethyl adjacent to an activating group) is 1. The maximum absolute atomic E-state index is 5.05. The zero-order valence-corrected chi connectivity index (χ0v) is 10.9. The van der Waals surface area contributed by atoms with Crippen LogP contribution < -0.4 is 5.32 Å². The Morgan fingerprint density at radius 1 is 1.44 bits per heavy atom. The van der Waals surface area contributed by atoms with Crippen molar-refractivity contribution in [3.63, 3.8) is 0 Å². The number of furan rings is 1. The van der Waals surface area contributed by atoms with Gasteiger partial charge in [0.1, 0.15) is 0 Å². The summed E-state index contributed by atoms with van der Waals surface area (Å²) in [5.74, 6) is 0. The molecule has 0 aliphatic rings. The maximum Gasteiger partial charge on any atom is 0.0947 e. The number of rotatable bonds is 7. The highest BCUT2D eigenvalue weighted by molar-refractivity contribution is 5.04. The molecule has 16 heavy (non-hydrogen) atoms. The molecule has 0 aliphatic carbocycles. The van der Waals surface area contributed by atoms with E-state index in [1.807, 2.05) is 6.07 Å². The standard InChI is InChI=1S/C13H24N2O/c1-5-13(2,3)14-7-8-15(4)10-12-6-9-16-11-12/h6,9,11,14H,5,7-8,10H2,1-4H3. The summed E-state index contributed by atoms with van der Waals surface area (Å²) in [7, 11) is 2.13. The molecule has 0 atom stereocenters. The van der Waals surface area contributed by atoms with Crippen molar-refractivity contribution in [1.82, 2.24) is 10.2 Å². The van der Waals surface area contributed by atoms with E-state index in [1.54, 1.807) is 12.5 Å². The van der Waals surface area contributed by atoms with Gasteiger partial charge in [-0.05, 0) is 33.4 Å². The van der Waals surface area contributed by atoms with Crippen LogP contribution >= 0.6 is 0 Å². The SMILES string of the molecule is CCC(C)(C)NCCN(C)Cc1ccoc1. The average molecular weight is 224 g/mol. The molecule has 3 heteroatoms. The van der Waals surface area contributed by atoms with Gasteiger partial charge in [0, 0.05) is 30.7 Å². The van der Waals surface area contributed by atoms with Crippen molar-refractivity contribution < 1.29 is 4.42 Å². The number of hydrogen-bond acceptors (Lipinski definition) is 3. The molecular weight excluding hydrogens is 200 g/mol.